The third-order valence-electron chi connectivity index (χ3n) is 1.86. The summed E-state index contributed by atoms with van der Waals surface area (Å²) in [4.78, 5) is 16.1. The molecule has 0 aliphatic rings. The summed E-state index contributed by atoms with van der Waals surface area (Å²) in [5, 5.41) is 4.03. The molecule has 0 aromatic carbocycles. The number of amides is 1. The highest BCUT2D eigenvalue weighted by atomic mass is 32.1. The van der Waals surface area contributed by atoms with Crippen molar-refractivity contribution in [2.24, 2.45) is 5.73 Å². The van der Waals surface area contributed by atoms with E-state index >= 15 is 0 Å². The smallest absolute Gasteiger partial charge is 0.231 e. The summed E-state index contributed by atoms with van der Waals surface area (Å²) in [6, 6.07) is 0. The summed E-state index contributed by atoms with van der Waals surface area (Å²) in [6.07, 6.45) is 1.83. The standard InChI is InChI=1S/C9H15N3OS/c1-6-4-11-8(14-6)9(2,3)12-5-7(10)13/h4,12H,5H2,1-3H3,(H2,10,13). The molecule has 0 radical (unpaired) electrons. The zero-order chi connectivity index (χ0) is 10.8. The number of nitrogens with one attached hydrogen (secondary N) is 1. The molecule has 0 unspecified atom stereocenters. The molecule has 0 saturated carbocycles. The van der Waals surface area contributed by atoms with Crippen LogP contribution >= 0.6 is 11.3 Å². The zero-order valence-corrected chi connectivity index (χ0v) is 9.44. The van der Waals surface area contributed by atoms with Crippen LogP contribution in [0.2, 0.25) is 0 Å². The number of hydrogen-bond donors (Lipinski definition) is 2. The SMILES string of the molecule is Cc1cnc(C(C)(C)NCC(N)=O)s1. The number of primary amides is 1. The second-order valence-corrected chi connectivity index (χ2v) is 4.96. The maximum Gasteiger partial charge on any atom is 0.231 e. The molecule has 0 saturated heterocycles. The van der Waals surface area contributed by atoms with E-state index in [0.29, 0.717) is 0 Å². The first-order valence-corrected chi connectivity index (χ1v) is 5.20. The molecule has 0 spiro atoms. The van der Waals surface area contributed by atoms with Gasteiger partial charge in [0, 0.05) is 11.1 Å². The van der Waals surface area contributed by atoms with Gasteiger partial charge in [0.1, 0.15) is 5.01 Å². The molecule has 0 fully saturated rings. The quantitative estimate of drug-likeness (QED) is 0.776. The van der Waals surface area contributed by atoms with Crippen molar-refractivity contribution in [2.75, 3.05) is 6.54 Å². The van der Waals surface area contributed by atoms with Crippen LogP contribution in [0.25, 0.3) is 0 Å². The first kappa shape index (κ1) is 11.1. The average molecular weight is 213 g/mol. The minimum absolute atomic E-state index is 0.172. The third-order valence-corrected chi connectivity index (χ3v) is 3.10. The number of rotatable bonds is 4. The number of carbonyl (C=O) groups excluding carboxylic acids is 1. The molecule has 0 aliphatic heterocycles. The van der Waals surface area contributed by atoms with Crippen molar-refractivity contribution in [1.82, 2.24) is 10.3 Å². The van der Waals surface area contributed by atoms with Crippen LogP contribution in [0.15, 0.2) is 6.20 Å². The van der Waals surface area contributed by atoms with Gasteiger partial charge in [-0.25, -0.2) is 4.98 Å². The molecule has 1 aromatic rings. The Hall–Kier alpha value is -0.940. The molecule has 1 aromatic heterocycles. The van der Waals surface area contributed by atoms with Gasteiger partial charge in [0.2, 0.25) is 5.91 Å². The van der Waals surface area contributed by atoms with E-state index in [9.17, 15) is 4.79 Å². The lowest BCUT2D eigenvalue weighted by Crippen LogP contribution is -2.41. The molecule has 1 heterocycles. The number of hydrogen-bond acceptors (Lipinski definition) is 4. The van der Waals surface area contributed by atoms with Crippen molar-refractivity contribution in [3.8, 4) is 0 Å². The lowest BCUT2D eigenvalue weighted by molar-refractivity contribution is -0.117. The van der Waals surface area contributed by atoms with Gasteiger partial charge in [-0.1, -0.05) is 0 Å². The van der Waals surface area contributed by atoms with E-state index < -0.39 is 0 Å². The van der Waals surface area contributed by atoms with Gasteiger partial charge >= 0.3 is 0 Å². The number of nitrogens with two attached hydrogens (primary N) is 1. The topological polar surface area (TPSA) is 68.0 Å². The fraction of sp³-hybridized carbons (Fsp3) is 0.556. The molecular weight excluding hydrogens is 198 g/mol. The molecule has 3 N–H and O–H groups in total. The lowest BCUT2D eigenvalue weighted by Gasteiger charge is -2.22. The average Bonchev–Trinajstić information content (AvgIpc) is 2.49. The molecule has 1 rings (SSSR count). The van der Waals surface area contributed by atoms with Crippen LogP contribution in [0.5, 0.6) is 0 Å². The van der Waals surface area contributed by atoms with Gasteiger partial charge < -0.3 is 5.73 Å². The Morgan fingerprint density at radius 1 is 1.71 bits per heavy atom. The largest absolute Gasteiger partial charge is 0.369 e. The molecule has 0 bridgehead atoms. The first-order chi connectivity index (χ1) is 6.42. The van der Waals surface area contributed by atoms with Crippen molar-refractivity contribution in [1.29, 1.82) is 0 Å². The number of thiazole rings is 1. The molecule has 0 aliphatic carbocycles. The summed E-state index contributed by atoms with van der Waals surface area (Å²) in [5.41, 5.74) is 4.77. The Bertz CT molecular complexity index is 333. The van der Waals surface area contributed by atoms with Gasteiger partial charge in [0.25, 0.3) is 0 Å². The second kappa shape index (κ2) is 4.06. The molecule has 1 amide bonds. The van der Waals surface area contributed by atoms with Crippen LogP contribution in [0.1, 0.15) is 23.7 Å². The predicted molar refractivity (Wildman–Crippen MR) is 57.1 cm³/mol. The fourth-order valence-corrected chi connectivity index (χ4v) is 1.87. The van der Waals surface area contributed by atoms with Crippen LogP contribution in [0, 0.1) is 6.92 Å². The molecular formula is C9H15N3OS. The van der Waals surface area contributed by atoms with Crippen LogP contribution in [0.4, 0.5) is 0 Å². The van der Waals surface area contributed by atoms with E-state index in [2.05, 4.69) is 10.3 Å². The Balaban J connectivity index is 2.69. The first-order valence-electron chi connectivity index (χ1n) is 4.38. The van der Waals surface area contributed by atoms with Crippen LogP contribution in [0.3, 0.4) is 0 Å². The summed E-state index contributed by atoms with van der Waals surface area (Å²) in [5.74, 6) is -0.355. The minimum atomic E-state index is -0.355. The fourth-order valence-electron chi connectivity index (χ4n) is 1.03. The summed E-state index contributed by atoms with van der Waals surface area (Å²) in [7, 11) is 0. The van der Waals surface area contributed by atoms with E-state index in [1.165, 1.54) is 0 Å². The Labute approximate surface area is 87.5 Å². The second-order valence-electron chi connectivity index (χ2n) is 3.72. The molecule has 0 atom stereocenters. The maximum absolute atomic E-state index is 10.6. The third kappa shape index (κ3) is 2.78. The van der Waals surface area contributed by atoms with Gasteiger partial charge in [-0.05, 0) is 20.8 Å². The number of aryl methyl sites for hydroxylation is 1. The molecule has 78 valence electrons. The van der Waals surface area contributed by atoms with Crippen molar-refractivity contribution in [2.45, 2.75) is 26.3 Å². The molecule has 4 nitrogen and oxygen atoms in total. The van der Waals surface area contributed by atoms with Crippen molar-refractivity contribution < 1.29 is 4.79 Å². The molecule has 5 heteroatoms. The highest BCUT2D eigenvalue weighted by Gasteiger charge is 2.23. The highest BCUT2D eigenvalue weighted by molar-refractivity contribution is 7.11. The zero-order valence-electron chi connectivity index (χ0n) is 8.63. The Kier molecular flexibility index (Phi) is 3.23. The van der Waals surface area contributed by atoms with Crippen molar-refractivity contribution in [3.05, 3.63) is 16.1 Å². The van der Waals surface area contributed by atoms with E-state index in [4.69, 9.17) is 5.73 Å². The van der Waals surface area contributed by atoms with Crippen LogP contribution < -0.4 is 11.1 Å². The van der Waals surface area contributed by atoms with Crippen molar-refractivity contribution >= 4 is 17.2 Å². The van der Waals surface area contributed by atoms with E-state index in [-0.39, 0.29) is 18.0 Å². The monoisotopic (exact) mass is 213 g/mol. The maximum atomic E-state index is 10.6. The summed E-state index contributed by atoms with van der Waals surface area (Å²) in [6.45, 7) is 6.14. The van der Waals surface area contributed by atoms with Crippen LogP contribution in [-0.4, -0.2) is 17.4 Å². The Morgan fingerprint density at radius 3 is 2.79 bits per heavy atom. The van der Waals surface area contributed by atoms with E-state index in [0.717, 1.165) is 9.88 Å². The van der Waals surface area contributed by atoms with Gasteiger partial charge in [0.15, 0.2) is 0 Å². The van der Waals surface area contributed by atoms with E-state index in [1.807, 2.05) is 27.0 Å². The minimum Gasteiger partial charge on any atom is -0.369 e. The van der Waals surface area contributed by atoms with Gasteiger partial charge in [-0.3, -0.25) is 10.1 Å². The molecule has 14 heavy (non-hydrogen) atoms. The number of carbonyl (C=O) groups is 1. The lowest BCUT2D eigenvalue weighted by atomic mass is 10.1. The van der Waals surface area contributed by atoms with Gasteiger partial charge in [0.05, 0.1) is 12.1 Å². The summed E-state index contributed by atoms with van der Waals surface area (Å²) >= 11 is 1.62. The number of aromatic nitrogens is 1. The van der Waals surface area contributed by atoms with Crippen molar-refractivity contribution in [3.63, 3.8) is 0 Å². The van der Waals surface area contributed by atoms with Gasteiger partial charge in [-0.2, -0.15) is 0 Å². The van der Waals surface area contributed by atoms with Crippen LogP contribution in [-0.2, 0) is 10.3 Å². The predicted octanol–water partition coefficient (Wildman–Crippen LogP) is 0.762. The van der Waals surface area contributed by atoms with E-state index in [1.54, 1.807) is 11.3 Å². The Morgan fingerprint density at radius 2 is 2.36 bits per heavy atom. The summed E-state index contributed by atoms with van der Waals surface area (Å²) < 4.78 is 0. The van der Waals surface area contributed by atoms with Gasteiger partial charge in [-0.15, -0.1) is 11.3 Å². The normalized spacial score (nSPS) is 11.6. The number of nitrogens with zero attached hydrogens (tertiary/aromatic N) is 1. The highest BCUT2D eigenvalue weighted by Crippen LogP contribution is 2.24.